The Bertz CT molecular complexity index is 1560. The fourth-order valence-corrected chi connectivity index (χ4v) is 4.27. The molecular formula is C32H32N4O7. The summed E-state index contributed by atoms with van der Waals surface area (Å²) in [7, 11) is 2.99. The van der Waals surface area contributed by atoms with E-state index in [9.17, 15) is 14.7 Å². The Labute approximate surface area is 248 Å². The van der Waals surface area contributed by atoms with Crippen molar-refractivity contribution in [1.82, 2.24) is 10.8 Å². The average molecular weight is 585 g/mol. The van der Waals surface area contributed by atoms with Gasteiger partial charge in [0.1, 0.15) is 24.2 Å². The number of carbonyl (C=O) groups is 2. The van der Waals surface area contributed by atoms with Crippen LogP contribution in [-0.4, -0.2) is 42.2 Å². The number of amidine groups is 1. The summed E-state index contributed by atoms with van der Waals surface area (Å²) < 4.78 is 17.2. The number of carbonyl (C=O) groups excluding carboxylic acids is 1. The van der Waals surface area contributed by atoms with Crippen LogP contribution in [0.4, 0.5) is 5.69 Å². The van der Waals surface area contributed by atoms with E-state index in [-0.39, 0.29) is 30.5 Å². The molecule has 0 saturated carbocycles. The Hall–Kier alpha value is -5.55. The van der Waals surface area contributed by atoms with Gasteiger partial charge in [0, 0.05) is 29.4 Å². The number of methoxy groups -OCH3 is 2. The van der Waals surface area contributed by atoms with Gasteiger partial charge in [0.15, 0.2) is 11.5 Å². The van der Waals surface area contributed by atoms with Crippen LogP contribution in [0.25, 0.3) is 0 Å². The van der Waals surface area contributed by atoms with Gasteiger partial charge in [-0.15, -0.1) is 0 Å². The predicted molar refractivity (Wildman–Crippen MR) is 160 cm³/mol. The minimum absolute atomic E-state index is 0.0890. The molecule has 0 heterocycles. The number of nitrogens with one attached hydrogen (secondary N) is 4. The fourth-order valence-electron chi connectivity index (χ4n) is 4.27. The first kappa shape index (κ1) is 30.4. The number of hydrogen-bond acceptors (Lipinski definition) is 8. The van der Waals surface area contributed by atoms with E-state index in [1.807, 2.05) is 35.8 Å². The molecule has 0 aliphatic rings. The zero-order valence-corrected chi connectivity index (χ0v) is 23.6. The highest BCUT2D eigenvalue weighted by Gasteiger charge is 2.27. The number of rotatable bonds is 13. The Morgan fingerprint density at radius 3 is 2.05 bits per heavy atom. The minimum atomic E-state index is -1.03. The molecule has 0 spiro atoms. The predicted octanol–water partition coefficient (Wildman–Crippen LogP) is 4.75. The molecule has 11 nitrogen and oxygen atoms in total. The summed E-state index contributed by atoms with van der Waals surface area (Å²) in [5.74, 6) is -0.421. The molecule has 1 atom stereocenters. The maximum absolute atomic E-state index is 13.8. The van der Waals surface area contributed by atoms with Crippen LogP contribution in [0.5, 0.6) is 17.2 Å². The summed E-state index contributed by atoms with van der Waals surface area (Å²) >= 11 is 0. The molecule has 222 valence electrons. The second kappa shape index (κ2) is 14.4. The zero-order chi connectivity index (χ0) is 30.8. The topological polar surface area (TPSA) is 162 Å². The SMILES string of the molecule is COc1cc(OCc2ccc(C(=O)O)cc2)c(C(Nc2ccc(C(=N)NO)cc2)C(=O)NCc2ccccc2)cc1OC. The number of ether oxygens (including phenoxy) is 3. The lowest BCUT2D eigenvalue weighted by Crippen LogP contribution is -2.33. The van der Waals surface area contributed by atoms with Gasteiger partial charge < -0.3 is 30.0 Å². The van der Waals surface area contributed by atoms with Crippen molar-refractivity contribution < 1.29 is 34.1 Å². The lowest BCUT2D eigenvalue weighted by molar-refractivity contribution is -0.122. The van der Waals surface area contributed by atoms with E-state index in [0.717, 1.165) is 11.1 Å². The van der Waals surface area contributed by atoms with E-state index in [0.29, 0.717) is 34.1 Å². The summed E-state index contributed by atoms with van der Waals surface area (Å²) in [6.45, 7) is 0.376. The number of carboxylic acid groups (broad SMARTS) is 1. The summed E-state index contributed by atoms with van der Waals surface area (Å²) in [5, 5.41) is 32.3. The van der Waals surface area contributed by atoms with E-state index in [1.165, 1.54) is 26.4 Å². The Balaban J connectivity index is 1.70. The Morgan fingerprint density at radius 2 is 1.44 bits per heavy atom. The van der Waals surface area contributed by atoms with Gasteiger partial charge in [-0.25, -0.2) is 4.79 Å². The third-order valence-corrected chi connectivity index (χ3v) is 6.59. The number of aromatic carboxylic acids is 1. The Morgan fingerprint density at radius 1 is 0.814 bits per heavy atom. The maximum Gasteiger partial charge on any atom is 0.335 e. The number of carboxylic acids is 1. The maximum atomic E-state index is 13.8. The molecule has 0 aliphatic heterocycles. The average Bonchev–Trinajstić information content (AvgIpc) is 3.05. The monoisotopic (exact) mass is 584 g/mol. The standard InChI is InChI=1S/C32H32N4O7/c1-41-27-16-25(26(17-28(27)42-2)43-19-21-8-10-23(11-9-21)32(38)39)29(31(37)34-18-20-6-4-3-5-7-20)35-24-14-12-22(13-15-24)30(33)36-40/h3-17,29,35,40H,18-19H2,1-2H3,(H2,33,36)(H,34,37)(H,38,39). The van der Waals surface area contributed by atoms with Gasteiger partial charge >= 0.3 is 5.97 Å². The third-order valence-electron chi connectivity index (χ3n) is 6.59. The largest absolute Gasteiger partial charge is 0.493 e. The fraction of sp³-hybridized carbons (Fsp3) is 0.156. The molecule has 0 fully saturated rings. The molecule has 4 rings (SSSR count). The molecule has 11 heteroatoms. The summed E-state index contributed by atoms with van der Waals surface area (Å²) in [6, 6.07) is 24.8. The van der Waals surface area contributed by atoms with Crippen LogP contribution in [0.1, 0.15) is 38.7 Å². The molecule has 1 amide bonds. The molecule has 43 heavy (non-hydrogen) atoms. The lowest BCUT2D eigenvalue weighted by Gasteiger charge is -2.24. The van der Waals surface area contributed by atoms with Crippen LogP contribution in [0.2, 0.25) is 0 Å². The number of amides is 1. The van der Waals surface area contributed by atoms with Crippen LogP contribution in [-0.2, 0) is 17.9 Å². The molecule has 6 N–H and O–H groups in total. The smallest absolute Gasteiger partial charge is 0.335 e. The van der Waals surface area contributed by atoms with E-state index in [2.05, 4.69) is 10.6 Å². The molecule has 0 bridgehead atoms. The number of anilines is 1. The molecule has 0 aliphatic carbocycles. The molecule has 0 radical (unpaired) electrons. The zero-order valence-electron chi connectivity index (χ0n) is 23.6. The normalized spacial score (nSPS) is 11.1. The second-order valence-corrected chi connectivity index (χ2v) is 9.38. The van der Waals surface area contributed by atoms with Gasteiger partial charge in [0.05, 0.1) is 19.8 Å². The first-order valence-electron chi connectivity index (χ1n) is 13.2. The van der Waals surface area contributed by atoms with Crippen LogP contribution in [0, 0.1) is 5.41 Å². The highest BCUT2D eigenvalue weighted by atomic mass is 16.5. The lowest BCUT2D eigenvalue weighted by atomic mass is 10.0. The molecular weight excluding hydrogens is 552 g/mol. The summed E-state index contributed by atoms with van der Waals surface area (Å²) in [5.41, 5.74) is 5.08. The highest BCUT2D eigenvalue weighted by molar-refractivity contribution is 5.96. The first-order chi connectivity index (χ1) is 20.8. The van der Waals surface area contributed by atoms with E-state index in [4.69, 9.17) is 24.8 Å². The number of benzene rings is 4. The van der Waals surface area contributed by atoms with Gasteiger partial charge in [-0.05, 0) is 53.6 Å². The van der Waals surface area contributed by atoms with Crippen LogP contribution < -0.4 is 30.3 Å². The third kappa shape index (κ3) is 7.80. The molecule has 4 aromatic carbocycles. The van der Waals surface area contributed by atoms with E-state index < -0.39 is 12.0 Å². The number of hydrogen-bond donors (Lipinski definition) is 6. The van der Waals surface area contributed by atoms with Crippen molar-refractivity contribution in [3.8, 4) is 17.2 Å². The van der Waals surface area contributed by atoms with Crippen LogP contribution in [0.3, 0.4) is 0 Å². The van der Waals surface area contributed by atoms with Crippen LogP contribution in [0.15, 0.2) is 91.0 Å². The van der Waals surface area contributed by atoms with Crippen molar-refractivity contribution in [2.75, 3.05) is 19.5 Å². The van der Waals surface area contributed by atoms with E-state index in [1.54, 1.807) is 48.5 Å². The molecule has 4 aromatic rings. The van der Waals surface area contributed by atoms with Gasteiger partial charge in [0.25, 0.3) is 0 Å². The van der Waals surface area contributed by atoms with Gasteiger partial charge in [-0.3, -0.25) is 20.9 Å². The first-order valence-corrected chi connectivity index (χ1v) is 13.2. The van der Waals surface area contributed by atoms with Crippen molar-refractivity contribution in [3.05, 3.63) is 119 Å². The molecule has 1 unspecified atom stereocenters. The minimum Gasteiger partial charge on any atom is -0.493 e. The van der Waals surface area contributed by atoms with Crippen LogP contribution >= 0.6 is 0 Å². The Kier molecular flexibility index (Phi) is 10.2. The van der Waals surface area contributed by atoms with Gasteiger partial charge in [-0.1, -0.05) is 42.5 Å². The number of hydroxylamine groups is 1. The van der Waals surface area contributed by atoms with Crippen molar-refractivity contribution in [3.63, 3.8) is 0 Å². The quantitative estimate of drug-likeness (QED) is 0.0739. The van der Waals surface area contributed by atoms with Gasteiger partial charge in [0.2, 0.25) is 5.91 Å². The summed E-state index contributed by atoms with van der Waals surface area (Å²) in [4.78, 5) is 25.0. The van der Waals surface area contributed by atoms with Crippen molar-refractivity contribution in [2.45, 2.75) is 19.2 Å². The van der Waals surface area contributed by atoms with Gasteiger partial charge in [-0.2, -0.15) is 0 Å². The highest BCUT2D eigenvalue weighted by Crippen LogP contribution is 2.39. The van der Waals surface area contributed by atoms with Crippen molar-refractivity contribution in [1.29, 1.82) is 5.41 Å². The molecule has 0 saturated heterocycles. The van der Waals surface area contributed by atoms with Crippen molar-refractivity contribution in [2.24, 2.45) is 0 Å². The van der Waals surface area contributed by atoms with Crippen molar-refractivity contribution >= 4 is 23.4 Å². The second-order valence-electron chi connectivity index (χ2n) is 9.38. The summed E-state index contributed by atoms with van der Waals surface area (Å²) in [6.07, 6.45) is 0. The van der Waals surface area contributed by atoms with E-state index >= 15 is 0 Å². The molecule has 0 aromatic heterocycles.